The highest BCUT2D eigenvalue weighted by Crippen LogP contribution is 2.47. The van der Waals surface area contributed by atoms with Crippen LogP contribution in [0.2, 0.25) is 0 Å². The number of carbonyl (C=O) groups is 2. The molecule has 8 nitrogen and oxygen atoms in total. The standard InChI is InChI=1S/C30H41NO7/c1-7-9-20-27(34)17(2)10-8-13-30(6)25(38-30)15-23(19-11-12-22-21(14-19)31-18(3)36-22)37-26(33)16-24(32)29(4,5)28(20)35/h7,11-12,14,17,20,23-25,27,32,34H,1,8-10,13,15-16H2,2-6H3/t17-,20+,23-,24-,25+,27?,30?/m0/s1. The van der Waals surface area contributed by atoms with Crippen LogP contribution < -0.4 is 0 Å². The van der Waals surface area contributed by atoms with Crippen molar-refractivity contribution in [2.75, 3.05) is 0 Å². The summed E-state index contributed by atoms with van der Waals surface area (Å²) < 4.78 is 17.6. The number of hydrogen-bond acceptors (Lipinski definition) is 8. The number of nitrogens with zero attached hydrogens (tertiary/aromatic N) is 1. The minimum atomic E-state index is -1.28. The third kappa shape index (κ3) is 5.87. The number of oxazole rings is 1. The van der Waals surface area contributed by atoms with E-state index in [2.05, 4.69) is 18.5 Å². The molecule has 7 atom stereocenters. The summed E-state index contributed by atoms with van der Waals surface area (Å²) in [6.45, 7) is 12.8. The van der Waals surface area contributed by atoms with Crippen LogP contribution in [-0.4, -0.2) is 50.9 Å². The number of ketones is 1. The first-order valence-corrected chi connectivity index (χ1v) is 13.6. The zero-order chi connectivity index (χ0) is 27.8. The number of aliphatic hydroxyl groups is 2. The zero-order valence-electron chi connectivity index (χ0n) is 23.1. The monoisotopic (exact) mass is 527 g/mol. The molecule has 2 aromatic rings. The van der Waals surface area contributed by atoms with Gasteiger partial charge in [-0.05, 0) is 49.8 Å². The lowest BCUT2D eigenvalue weighted by atomic mass is 9.71. The summed E-state index contributed by atoms with van der Waals surface area (Å²) in [5.41, 5.74) is 0.481. The molecule has 1 aromatic heterocycles. The van der Waals surface area contributed by atoms with Gasteiger partial charge in [-0.15, -0.1) is 6.58 Å². The Balaban J connectivity index is 1.63. The number of esters is 1. The summed E-state index contributed by atoms with van der Waals surface area (Å²) in [5.74, 6) is -1.19. The molecule has 0 amide bonds. The first-order chi connectivity index (χ1) is 17.9. The van der Waals surface area contributed by atoms with Crippen molar-refractivity contribution in [1.82, 2.24) is 4.98 Å². The van der Waals surface area contributed by atoms with Gasteiger partial charge in [-0.3, -0.25) is 9.59 Å². The van der Waals surface area contributed by atoms with Crippen LogP contribution >= 0.6 is 0 Å². The van der Waals surface area contributed by atoms with E-state index >= 15 is 0 Å². The molecule has 2 saturated heterocycles. The number of Topliss-reactive ketones (excluding diaryl/α,β-unsaturated/α-hetero) is 1. The quantitative estimate of drug-likeness (QED) is 0.325. The van der Waals surface area contributed by atoms with Gasteiger partial charge in [0.2, 0.25) is 0 Å². The number of aromatic nitrogens is 1. The Morgan fingerprint density at radius 2 is 1.95 bits per heavy atom. The van der Waals surface area contributed by atoms with Crippen molar-refractivity contribution in [2.24, 2.45) is 17.3 Å². The Labute approximate surface area is 224 Å². The van der Waals surface area contributed by atoms with Crippen molar-refractivity contribution < 1.29 is 33.7 Å². The molecule has 0 radical (unpaired) electrons. The molecule has 38 heavy (non-hydrogen) atoms. The zero-order valence-corrected chi connectivity index (χ0v) is 23.1. The molecule has 3 heterocycles. The van der Waals surface area contributed by atoms with Gasteiger partial charge < -0.3 is 24.1 Å². The van der Waals surface area contributed by atoms with Gasteiger partial charge in [-0.2, -0.15) is 0 Å². The normalized spacial score (nSPS) is 34.9. The van der Waals surface area contributed by atoms with E-state index in [1.165, 1.54) is 0 Å². The molecule has 2 aliphatic rings. The van der Waals surface area contributed by atoms with Gasteiger partial charge >= 0.3 is 5.97 Å². The average Bonchev–Trinajstić information content (AvgIpc) is 3.32. The summed E-state index contributed by atoms with van der Waals surface area (Å²) in [5, 5.41) is 22.2. The number of cyclic esters (lactones) is 1. The van der Waals surface area contributed by atoms with Gasteiger partial charge in [0.1, 0.15) is 17.4 Å². The molecule has 2 fully saturated rings. The van der Waals surface area contributed by atoms with Crippen LogP contribution in [0.4, 0.5) is 0 Å². The lowest BCUT2D eigenvalue weighted by Crippen LogP contribution is -2.46. The predicted octanol–water partition coefficient (Wildman–Crippen LogP) is 4.99. The number of ether oxygens (including phenoxy) is 2. The second kappa shape index (κ2) is 10.9. The van der Waals surface area contributed by atoms with Crippen LogP contribution in [0, 0.1) is 24.2 Å². The highest BCUT2D eigenvalue weighted by molar-refractivity contribution is 5.88. The minimum absolute atomic E-state index is 0.0976. The number of epoxide rings is 1. The molecule has 0 bridgehead atoms. The van der Waals surface area contributed by atoms with Crippen molar-refractivity contribution in [2.45, 2.75) is 103 Å². The molecule has 0 aliphatic carbocycles. The second-order valence-corrected chi connectivity index (χ2v) is 11.9. The predicted molar refractivity (Wildman–Crippen MR) is 142 cm³/mol. The molecule has 2 N–H and O–H groups in total. The molecule has 208 valence electrons. The van der Waals surface area contributed by atoms with Crippen molar-refractivity contribution in [3.63, 3.8) is 0 Å². The maximum absolute atomic E-state index is 13.6. The van der Waals surface area contributed by atoms with Crippen LogP contribution in [-0.2, 0) is 19.1 Å². The molecule has 2 unspecified atom stereocenters. The van der Waals surface area contributed by atoms with Crippen LogP contribution in [0.25, 0.3) is 11.1 Å². The van der Waals surface area contributed by atoms with Crippen molar-refractivity contribution in [3.8, 4) is 0 Å². The number of aliphatic hydroxyl groups excluding tert-OH is 2. The Bertz CT molecular complexity index is 1190. The molecule has 8 heteroatoms. The SMILES string of the molecule is C=CC[C@H]1C(=O)C(C)(C)[C@@H](O)CC(=O)O[C@H](c2ccc3oc(C)nc3c2)C[C@H]2OC2(C)CCC[C@H](C)C1O. The van der Waals surface area contributed by atoms with E-state index < -0.39 is 35.6 Å². The Morgan fingerprint density at radius 1 is 1.21 bits per heavy atom. The molecular weight excluding hydrogens is 486 g/mol. The van der Waals surface area contributed by atoms with Gasteiger partial charge in [0.25, 0.3) is 0 Å². The fourth-order valence-corrected chi connectivity index (χ4v) is 5.70. The highest BCUT2D eigenvalue weighted by Gasteiger charge is 2.53. The van der Waals surface area contributed by atoms with Crippen molar-refractivity contribution in [3.05, 3.63) is 42.3 Å². The van der Waals surface area contributed by atoms with Crippen LogP contribution in [0.5, 0.6) is 0 Å². The first kappa shape index (κ1) is 28.5. The van der Waals surface area contributed by atoms with Gasteiger partial charge in [0, 0.05) is 19.3 Å². The molecule has 4 rings (SSSR count). The topological polar surface area (TPSA) is 122 Å². The number of allylic oxidation sites excluding steroid dienone is 1. The summed E-state index contributed by atoms with van der Waals surface area (Å²) in [6.07, 6.45) is 1.50. The Morgan fingerprint density at radius 3 is 2.66 bits per heavy atom. The summed E-state index contributed by atoms with van der Waals surface area (Å²) in [7, 11) is 0. The van der Waals surface area contributed by atoms with Crippen LogP contribution in [0.1, 0.15) is 83.8 Å². The number of rotatable bonds is 3. The van der Waals surface area contributed by atoms with E-state index in [1.807, 2.05) is 25.1 Å². The Hall–Kier alpha value is -2.55. The van der Waals surface area contributed by atoms with E-state index in [0.717, 1.165) is 24.8 Å². The molecule has 0 saturated carbocycles. The largest absolute Gasteiger partial charge is 0.457 e. The smallest absolute Gasteiger partial charge is 0.309 e. The highest BCUT2D eigenvalue weighted by atomic mass is 16.6. The third-order valence-electron chi connectivity index (χ3n) is 8.54. The number of hydrogen-bond donors (Lipinski definition) is 2. The minimum Gasteiger partial charge on any atom is -0.457 e. The lowest BCUT2D eigenvalue weighted by Gasteiger charge is -2.35. The summed E-state index contributed by atoms with van der Waals surface area (Å²) in [4.78, 5) is 31.1. The number of aryl methyl sites for hydroxylation is 1. The van der Waals surface area contributed by atoms with Gasteiger partial charge in [-0.1, -0.05) is 39.3 Å². The maximum atomic E-state index is 13.6. The Kier molecular flexibility index (Phi) is 8.17. The molecular formula is C30H41NO7. The number of fused-ring (bicyclic) bond motifs is 2. The second-order valence-electron chi connectivity index (χ2n) is 11.9. The number of carbonyl (C=O) groups excluding carboxylic acids is 2. The van der Waals surface area contributed by atoms with E-state index in [4.69, 9.17) is 13.9 Å². The molecule has 2 aliphatic heterocycles. The fraction of sp³-hybridized carbons (Fsp3) is 0.633. The van der Waals surface area contributed by atoms with Crippen molar-refractivity contribution >= 4 is 22.9 Å². The van der Waals surface area contributed by atoms with E-state index in [9.17, 15) is 19.8 Å². The maximum Gasteiger partial charge on any atom is 0.309 e. The lowest BCUT2D eigenvalue weighted by molar-refractivity contribution is -0.156. The first-order valence-electron chi connectivity index (χ1n) is 13.6. The fourth-order valence-electron chi connectivity index (χ4n) is 5.70. The molecule has 1 aromatic carbocycles. The summed E-state index contributed by atoms with van der Waals surface area (Å²) in [6, 6.07) is 5.53. The van der Waals surface area contributed by atoms with Crippen molar-refractivity contribution in [1.29, 1.82) is 0 Å². The van der Waals surface area contributed by atoms with Crippen LogP contribution in [0.3, 0.4) is 0 Å². The number of benzene rings is 1. The average molecular weight is 528 g/mol. The van der Waals surface area contributed by atoms with E-state index in [1.54, 1.807) is 26.8 Å². The van der Waals surface area contributed by atoms with Gasteiger partial charge in [-0.25, -0.2) is 4.98 Å². The van der Waals surface area contributed by atoms with E-state index in [-0.39, 0.29) is 29.8 Å². The van der Waals surface area contributed by atoms with E-state index in [0.29, 0.717) is 29.8 Å². The van der Waals surface area contributed by atoms with Gasteiger partial charge in [0.15, 0.2) is 11.5 Å². The molecule has 0 spiro atoms. The van der Waals surface area contributed by atoms with Gasteiger partial charge in [0.05, 0.1) is 35.7 Å². The summed E-state index contributed by atoms with van der Waals surface area (Å²) >= 11 is 0. The third-order valence-corrected chi connectivity index (χ3v) is 8.54. The van der Waals surface area contributed by atoms with Crippen LogP contribution in [0.15, 0.2) is 35.3 Å².